The van der Waals surface area contributed by atoms with Crippen molar-refractivity contribution in [2.75, 3.05) is 0 Å². The van der Waals surface area contributed by atoms with Crippen LogP contribution in [0.2, 0.25) is 36.3 Å². The van der Waals surface area contributed by atoms with Crippen LogP contribution in [0.15, 0.2) is 21.5 Å². The molecule has 0 heterocycles. The Labute approximate surface area is 210 Å². The summed E-state index contributed by atoms with van der Waals surface area (Å²) in [7, 11) is -3.58. The monoisotopic (exact) mass is 518 g/mol. The molecule has 32 heavy (non-hydrogen) atoms. The molecule has 0 aromatic heterocycles. The van der Waals surface area contributed by atoms with E-state index in [1.54, 1.807) is 6.07 Å². The van der Waals surface area contributed by atoms with Crippen LogP contribution in [0.4, 0.5) is 0 Å². The molecule has 2 rings (SSSR count). The van der Waals surface area contributed by atoms with E-state index in [2.05, 4.69) is 81.3 Å². The molecule has 7 heteroatoms. The van der Waals surface area contributed by atoms with E-state index in [0.717, 1.165) is 12.8 Å². The van der Waals surface area contributed by atoms with Crippen molar-refractivity contribution < 1.29 is 31.5 Å². The van der Waals surface area contributed by atoms with E-state index in [-0.39, 0.29) is 34.6 Å². The van der Waals surface area contributed by atoms with E-state index in [1.165, 1.54) is 34.9 Å². The molecular weight excluding hydrogens is 474 g/mol. The SMILES string of the molecule is CC#N.CC(C)(C)[Si](C)(C)C1=C2CCCC2=C([Si](C)(C)C(C)(C)C)C1=O.[CH-]=O.[CH-]=O.[CH3-].[Fe+3]. The summed E-state index contributed by atoms with van der Waals surface area (Å²) in [4.78, 5) is 29.2. The summed E-state index contributed by atoms with van der Waals surface area (Å²) in [5.74, 6) is 0.466. The number of hydrogen-bond acceptors (Lipinski definition) is 4. The first-order valence-corrected chi connectivity index (χ1v) is 16.4. The molecule has 0 atom stereocenters. The number of fused-ring (bicyclic) bond motifs is 1. The van der Waals surface area contributed by atoms with Gasteiger partial charge in [0.15, 0.2) is 5.78 Å². The predicted molar refractivity (Wildman–Crippen MR) is 139 cm³/mol. The summed E-state index contributed by atoms with van der Waals surface area (Å²) in [5.41, 5.74) is 2.97. The number of nitriles is 1. The molecule has 0 unspecified atom stereocenters. The second kappa shape index (κ2) is 14.3. The number of Topliss-reactive ketones (excluding diaryl/α,β-unsaturated/α-hetero) is 1. The molecule has 4 nitrogen and oxygen atoms in total. The first-order valence-electron chi connectivity index (χ1n) is 10.4. The molecule has 0 saturated heterocycles. The number of allylic oxidation sites excluding steroid dienone is 4. The van der Waals surface area contributed by atoms with Crippen LogP contribution in [0.1, 0.15) is 67.7 Å². The molecule has 2 aliphatic carbocycles. The molecule has 1 fully saturated rings. The van der Waals surface area contributed by atoms with Gasteiger partial charge < -0.3 is 17.0 Å². The molecule has 0 spiro atoms. The van der Waals surface area contributed by atoms with E-state index in [1.807, 2.05) is 0 Å². The van der Waals surface area contributed by atoms with Crippen LogP contribution in [-0.4, -0.2) is 35.5 Å². The van der Waals surface area contributed by atoms with Crippen LogP contribution in [0.25, 0.3) is 0 Å². The van der Waals surface area contributed by atoms with Crippen molar-refractivity contribution in [3.63, 3.8) is 0 Å². The maximum atomic E-state index is 13.7. The first-order chi connectivity index (χ1) is 13.6. The second-order valence-corrected chi connectivity index (χ2v) is 21.4. The van der Waals surface area contributed by atoms with Crippen LogP contribution in [0.5, 0.6) is 0 Å². The summed E-state index contributed by atoms with van der Waals surface area (Å²) in [6.07, 6.45) is 3.52. The minimum Gasteiger partial charge on any atom is -0.545 e. The molecule has 183 valence electrons. The third kappa shape index (κ3) is 7.48. The summed E-state index contributed by atoms with van der Waals surface area (Å²) in [6, 6.07) is 1.75. The number of nitrogens with zero attached hydrogens (tertiary/aromatic N) is 1. The Hall–Kier alpha value is -1.07. The summed E-state index contributed by atoms with van der Waals surface area (Å²) in [5, 5.41) is 10.3. The molecule has 0 aromatic rings. The van der Waals surface area contributed by atoms with Crippen LogP contribution >= 0.6 is 0 Å². The molecule has 1 radical (unpaired) electrons. The minimum absolute atomic E-state index is 0. The number of carbonyl (C=O) groups excluding carboxylic acids is 3. The maximum absolute atomic E-state index is 13.7. The second-order valence-electron chi connectivity index (χ2n) is 10.9. The smallest absolute Gasteiger partial charge is 0.545 e. The van der Waals surface area contributed by atoms with Gasteiger partial charge in [-0.25, -0.2) is 0 Å². The Bertz CT molecular complexity index is 680. The number of hydrogen-bond donors (Lipinski definition) is 0. The summed E-state index contributed by atoms with van der Waals surface area (Å²) < 4.78 is 0. The van der Waals surface area contributed by atoms with Gasteiger partial charge >= 0.3 is 17.1 Å². The Morgan fingerprint density at radius 2 is 1.00 bits per heavy atom. The van der Waals surface area contributed by atoms with E-state index in [0.29, 0.717) is 5.78 Å². The Morgan fingerprint density at radius 3 is 1.19 bits per heavy atom. The fourth-order valence-corrected chi connectivity index (χ4v) is 8.84. The van der Waals surface area contributed by atoms with E-state index in [9.17, 15) is 4.79 Å². The molecule has 0 aromatic carbocycles. The van der Waals surface area contributed by atoms with Gasteiger partial charge in [-0.1, -0.05) is 67.7 Å². The van der Waals surface area contributed by atoms with Gasteiger partial charge in [0.05, 0.1) is 22.2 Å². The van der Waals surface area contributed by atoms with Crippen molar-refractivity contribution in [3.8, 4) is 6.07 Å². The standard InChI is InChI=1S/C20H36OSi2.C2H3N.2CHO.CH3.Fe/c1-19(2,3)22(7,8)17-14-12-11-13-15(14)18(16(17)21)23(9,10)20(4,5)6;1-2-3;2*1-2;;/h11-13H2,1-10H3;1H3;2*1H;1H3;/q;;3*-1;+3. The van der Waals surface area contributed by atoms with Crippen molar-refractivity contribution in [3.05, 3.63) is 29.0 Å². The van der Waals surface area contributed by atoms with Crippen LogP contribution in [-0.2, 0) is 31.5 Å². The van der Waals surface area contributed by atoms with E-state index in [4.69, 9.17) is 14.9 Å². The van der Waals surface area contributed by atoms with Gasteiger partial charge in [0.1, 0.15) is 0 Å². The Morgan fingerprint density at radius 1 is 0.781 bits per heavy atom. The van der Waals surface area contributed by atoms with Crippen molar-refractivity contribution in [2.24, 2.45) is 0 Å². The number of rotatable bonds is 2. The zero-order valence-corrected chi connectivity index (χ0v) is 25.4. The van der Waals surface area contributed by atoms with E-state index < -0.39 is 16.1 Å². The van der Waals surface area contributed by atoms with Gasteiger partial charge in [0.25, 0.3) is 0 Å². The third-order valence-electron chi connectivity index (χ3n) is 7.28. The van der Waals surface area contributed by atoms with Gasteiger partial charge in [0.2, 0.25) is 0 Å². The molecular formula is C25H44FeNO3Si2. The topological polar surface area (TPSA) is 75.0 Å². The molecule has 1 saturated carbocycles. The van der Waals surface area contributed by atoms with Crippen LogP contribution in [0, 0.1) is 18.8 Å². The van der Waals surface area contributed by atoms with Gasteiger partial charge in [-0.15, -0.1) is 0 Å². The molecule has 0 amide bonds. The van der Waals surface area contributed by atoms with Crippen molar-refractivity contribution in [1.29, 1.82) is 5.26 Å². The molecule has 0 aliphatic heterocycles. The largest absolute Gasteiger partial charge is 3.00 e. The molecule has 0 bridgehead atoms. The zero-order chi connectivity index (χ0) is 24.7. The summed E-state index contributed by atoms with van der Waals surface area (Å²) >= 11 is 0. The Balaban J connectivity index is -0.000000392. The zero-order valence-electron chi connectivity index (χ0n) is 22.3. The third-order valence-corrected chi connectivity index (χ3v) is 18.3. The minimum atomic E-state index is -1.79. The van der Waals surface area contributed by atoms with Crippen LogP contribution < -0.4 is 0 Å². The number of carbonyl (C=O) groups is 1. The van der Waals surface area contributed by atoms with Crippen LogP contribution in [0.3, 0.4) is 0 Å². The molecule has 2 aliphatic rings. The molecule has 0 N–H and O–H groups in total. The van der Waals surface area contributed by atoms with Crippen molar-refractivity contribution >= 4 is 35.5 Å². The normalized spacial score (nSPS) is 15.4. The van der Waals surface area contributed by atoms with Gasteiger partial charge in [-0.3, -0.25) is 18.4 Å². The fraction of sp³-hybridized carbons (Fsp3) is 0.640. The van der Waals surface area contributed by atoms with Crippen molar-refractivity contribution in [1.82, 2.24) is 0 Å². The van der Waals surface area contributed by atoms with Gasteiger partial charge in [-0.05, 0) is 50.9 Å². The Kier molecular flexibility index (Phi) is 17.0. The summed E-state index contributed by atoms with van der Waals surface area (Å²) in [6.45, 7) is 31.6. The van der Waals surface area contributed by atoms with Gasteiger partial charge in [0, 0.05) is 6.92 Å². The van der Waals surface area contributed by atoms with E-state index >= 15 is 0 Å². The number of ketones is 1. The van der Waals surface area contributed by atoms with Gasteiger partial charge in [-0.2, -0.15) is 5.26 Å². The maximum Gasteiger partial charge on any atom is 3.00 e. The fourth-order valence-electron chi connectivity index (χ4n) is 3.77. The average Bonchev–Trinajstić information content (AvgIpc) is 3.16. The quantitative estimate of drug-likeness (QED) is 0.227. The predicted octanol–water partition coefficient (Wildman–Crippen LogP) is 6.87. The van der Waals surface area contributed by atoms with Crippen molar-refractivity contribution in [2.45, 2.75) is 104 Å². The first kappa shape index (κ1) is 38.2. The average molecular weight is 519 g/mol.